The molecule has 0 unspecified atom stereocenters. The predicted octanol–water partition coefficient (Wildman–Crippen LogP) is 3.04. The highest BCUT2D eigenvalue weighted by Gasteiger charge is 2.05. The van der Waals surface area contributed by atoms with E-state index in [-0.39, 0.29) is 0 Å². The van der Waals surface area contributed by atoms with Gasteiger partial charge < -0.3 is 9.84 Å². The number of hydrogen-bond donors (Lipinski definition) is 1. The van der Waals surface area contributed by atoms with Gasteiger partial charge >= 0.3 is 0 Å². The molecule has 0 aromatic heterocycles. The quantitative estimate of drug-likeness (QED) is 0.801. The molecule has 2 heteroatoms. The second-order valence-electron chi connectivity index (χ2n) is 4.11. The van der Waals surface area contributed by atoms with Crippen LogP contribution in [0.25, 0.3) is 0 Å². The molecule has 0 bridgehead atoms. The normalized spacial score (nSPS) is 10.6. The minimum Gasteiger partial charge on any atom is -0.508 e. The Morgan fingerprint density at radius 1 is 1.21 bits per heavy atom. The van der Waals surface area contributed by atoms with Crippen LogP contribution in [0.15, 0.2) is 12.1 Å². The van der Waals surface area contributed by atoms with Crippen molar-refractivity contribution in [2.45, 2.75) is 27.7 Å². The van der Waals surface area contributed by atoms with E-state index in [2.05, 4.69) is 13.8 Å². The zero-order valence-corrected chi connectivity index (χ0v) is 9.29. The molecule has 1 rings (SSSR count). The van der Waals surface area contributed by atoms with Crippen LogP contribution in [-0.2, 0) is 0 Å². The van der Waals surface area contributed by atoms with Crippen LogP contribution in [0.5, 0.6) is 11.5 Å². The van der Waals surface area contributed by atoms with E-state index in [0.717, 1.165) is 16.9 Å². The summed E-state index contributed by atoms with van der Waals surface area (Å²) in [5.41, 5.74) is 1.84. The van der Waals surface area contributed by atoms with E-state index in [1.807, 2.05) is 19.9 Å². The standard InChI is InChI=1S/C12H18O2/c1-8(2)7-14-12-6-9(3)11(13)5-10(12)4/h5-6,8,13H,7H2,1-4H3. The Hall–Kier alpha value is -1.18. The van der Waals surface area contributed by atoms with E-state index in [0.29, 0.717) is 18.3 Å². The van der Waals surface area contributed by atoms with E-state index in [9.17, 15) is 5.11 Å². The fraction of sp³-hybridized carbons (Fsp3) is 0.500. The lowest BCUT2D eigenvalue weighted by Gasteiger charge is -2.12. The van der Waals surface area contributed by atoms with Crippen LogP contribution in [0, 0.1) is 19.8 Å². The van der Waals surface area contributed by atoms with Crippen molar-refractivity contribution < 1.29 is 9.84 Å². The van der Waals surface area contributed by atoms with Crippen LogP contribution in [0.3, 0.4) is 0 Å². The summed E-state index contributed by atoms with van der Waals surface area (Å²) in [7, 11) is 0. The molecule has 14 heavy (non-hydrogen) atoms. The summed E-state index contributed by atoms with van der Waals surface area (Å²) < 4.78 is 5.62. The lowest BCUT2D eigenvalue weighted by atomic mass is 10.1. The molecule has 0 spiro atoms. The first-order valence-electron chi connectivity index (χ1n) is 4.93. The molecule has 0 aliphatic heterocycles. The van der Waals surface area contributed by atoms with Crippen molar-refractivity contribution in [2.24, 2.45) is 5.92 Å². The maximum atomic E-state index is 9.45. The molecular formula is C12H18O2. The largest absolute Gasteiger partial charge is 0.508 e. The Balaban J connectivity index is 2.82. The number of rotatable bonds is 3. The van der Waals surface area contributed by atoms with Gasteiger partial charge in [-0.05, 0) is 43.0 Å². The van der Waals surface area contributed by atoms with Gasteiger partial charge in [-0.2, -0.15) is 0 Å². The van der Waals surface area contributed by atoms with Crippen molar-refractivity contribution in [3.8, 4) is 11.5 Å². The molecule has 0 atom stereocenters. The van der Waals surface area contributed by atoms with Crippen molar-refractivity contribution in [2.75, 3.05) is 6.61 Å². The minimum absolute atomic E-state index is 0.333. The Labute approximate surface area is 85.5 Å². The number of ether oxygens (including phenoxy) is 1. The van der Waals surface area contributed by atoms with E-state index in [1.165, 1.54) is 0 Å². The Bertz CT molecular complexity index is 316. The van der Waals surface area contributed by atoms with Gasteiger partial charge in [0, 0.05) is 0 Å². The Morgan fingerprint density at radius 3 is 2.43 bits per heavy atom. The number of phenols is 1. The van der Waals surface area contributed by atoms with Gasteiger partial charge in [-0.1, -0.05) is 13.8 Å². The highest BCUT2D eigenvalue weighted by atomic mass is 16.5. The molecule has 0 aliphatic rings. The Kier molecular flexibility index (Phi) is 3.39. The lowest BCUT2D eigenvalue weighted by Crippen LogP contribution is -2.05. The van der Waals surface area contributed by atoms with Gasteiger partial charge in [-0.15, -0.1) is 0 Å². The second kappa shape index (κ2) is 4.36. The minimum atomic E-state index is 0.333. The van der Waals surface area contributed by atoms with Crippen molar-refractivity contribution in [1.82, 2.24) is 0 Å². The molecule has 78 valence electrons. The molecule has 0 saturated heterocycles. The summed E-state index contributed by atoms with van der Waals surface area (Å²) in [6.45, 7) is 8.75. The first kappa shape index (κ1) is 10.9. The average molecular weight is 194 g/mol. The van der Waals surface area contributed by atoms with Crippen LogP contribution >= 0.6 is 0 Å². The van der Waals surface area contributed by atoms with Gasteiger partial charge in [-0.25, -0.2) is 0 Å². The maximum absolute atomic E-state index is 9.45. The van der Waals surface area contributed by atoms with E-state index < -0.39 is 0 Å². The van der Waals surface area contributed by atoms with E-state index in [4.69, 9.17) is 4.74 Å². The van der Waals surface area contributed by atoms with Gasteiger partial charge in [0.25, 0.3) is 0 Å². The molecule has 0 fully saturated rings. The SMILES string of the molecule is Cc1cc(OCC(C)C)c(C)cc1O. The van der Waals surface area contributed by atoms with Gasteiger partial charge in [-0.3, -0.25) is 0 Å². The molecule has 0 heterocycles. The van der Waals surface area contributed by atoms with Crippen LogP contribution in [0.4, 0.5) is 0 Å². The summed E-state index contributed by atoms with van der Waals surface area (Å²) in [6, 6.07) is 3.62. The van der Waals surface area contributed by atoms with Crippen molar-refractivity contribution in [3.63, 3.8) is 0 Å². The summed E-state index contributed by atoms with van der Waals surface area (Å²) >= 11 is 0. The van der Waals surface area contributed by atoms with Gasteiger partial charge in [0.05, 0.1) is 6.61 Å². The lowest BCUT2D eigenvalue weighted by molar-refractivity contribution is 0.269. The molecule has 0 radical (unpaired) electrons. The zero-order valence-electron chi connectivity index (χ0n) is 9.29. The fourth-order valence-electron chi connectivity index (χ4n) is 1.19. The summed E-state index contributed by atoms with van der Waals surface area (Å²) in [4.78, 5) is 0. The molecule has 0 saturated carbocycles. The highest BCUT2D eigenvalue weighted by Crippen LogP contribution is 2.26. The second-order valence-corrected chi connectivity index (χ2v) is 4.11. The van der Waals surface area contributed by atoms with E-state index in [1.54, 1.807) is 6.07 Å². The van der Waals surface area contributed by atoms with Gasteiger partial charge in [0.1, 0.15) is 11.5 Å². The third-order valence-corrected chi connectivity index (χ3v) is 2.07. The van der Waals surface area contributed by atoms with Crippen LogP contribution in [-0.4, -0.2) is 11.7 Å². The van der Waals surface area contributed by atoms with Crippen LogP contribution < -0.4 is 4.74 Å². The summed E-state index contributed by atoms with van der Waals surface area (Å²) in [6.07, 6.45) is 0. The average Bonchev–Trinajstić information content (AvgIpc) is 2.09. The molecule has 0 amide bonds. The van der Waals surface area contributed by atoms with Gasteiger partial charge in [0.15, 0.2) is 0 Å². The number of aryl methyl sites for hydroxylation is 2. The topological polar surface area (TPSA) is 29.5 Å². The van der Waals surface area contributed by atoms with Crippen molar-refractivity contribution >= 4 is 0 Å². The third-order valence-electron chi connectivity index (χ3n) is 2.07. The van der Waals surface area contributed by atoms with Crippen molar-refractivity contribution in [1.29, 1.82) is 0 Å². The molecule has 1 aromatic carbocycles. The molecule has 2 nitrogen and oxygen atoms in total. The first-order chi connectivity index (χ1) is 6.50. The predicted molar refractivity (Wildman–Crippen MR) is 57.9 cm³/mol. The number of benzene rings is 1. The van der Waals surface area contributed by atoms with Crippen LogP contribution in [0.2, 0.25) is 0 Å². The Morgan fingerprint density at radius 2 is 1.86 bits per heavy atom. The number of hydrogen-bond acceptors (Lipinski definition) is 2. The number of phenolic OH excluding ortho intramolecular Hbond substituents is 1. The smallest absolute Gasteiger partial charge is 0.122 e. The molecule has 1 aromatic rings. The first-order valence-corrected chi connectivity index (χ1v) is 4.93. The zero-order chi connectivity index (χ0) is 10.7. The van der Waals surface area contributed by atoms with Gasteiger partial charge in [0.2, 0.25) is 0 Å². The van der Waals surface area contributed by atoms with Crippen molar-refractivity contribution in [3.05, 3.63) is 23.3 Å². The third kappa shape index (κ3) is 2.66. The maximum Gasteiger partial charge on any atom is 0.122 e. The van der Waals surface area contributed by atoms with E-state index >= 15 is 0 Å². The fourth-order valence-corrected chi connectivity index (χ4v) is 1.19. The summed E-state index contributed by atoms with van der Waals surface area (Å²) in [5, 5.41) is 9.45. The molecule has 0 aliphatic carbocycles. The molecular weight excluding hydrogens is 176 g/mol. The number of aromatic hydroxyl groups is 1. The monoisotopic (exact) mass is 194 g/mol. The highest BCUT2D eigenvalue weighted by molar-refractivity contribution is 5.44. The molecule has 1 N–H and O–H groups in total. The van der Waals surface area contributed by atoms with Crippen LogP contribution in [0.1, 0.15) is 25.0 Å². The summed E-state index contributed by atoms with van der Waals surface area (Å²) in [5.74, 6) is 1.72.